The first kappa shape index (κ1) is 25.5. The standard InChI is InChI=1S/C27H29F3N4O2/c1-4-36-26(35)18-7-5-17(6-8-18)19-9-10-24-23(13-19)25(34-16(3)33-24)32-15(2)20-11-21(27(28,29)30)14-22(31)12-20/h5,9-15,18H,4,6-8,31H2,1-3H3,(H,32,33,34)/t15-,18?/m1/s1. The second-order valence-corrected chi connectivity index (χ2v) is 9.06. The zero-order valence-corrected chi connectivity index (χ0v) is 20.4. The maximum Gasteiger partial charge on any atom is 0.416 e. The summed E-state index contributed by atoms with van der Waals surface area (Å²) in [5, 5.41) is 4.02. The van der Waals surface area contributed by atoms with Crippen molar-refractivity contribution < 1.29 is 22.7 Å². The molecule has 1 heterocycles. The highest BCUT2D eigenvalue weighted by Crippen LogP contribution is 2.36. The number of aromatic nitrogens is 2. The number of nitrogen functional groups attached to an aromatic ring is 1. The van der Waals surface area contributed by atoms with Gasteiger partial charge in [-0.15, -0.1) is 0 Å². The quantitative estimate of drug-likeness (QED) is 0.300. The van der Waals surface area contributed by atoms with Gasteiger partial charge in [-0.05, 0) is 87.1 Å². The Morgan fingerprint density at radius 1 is 1.22 bits per heavy atom. The molecular weight excluding hydrogens is 469 g/mol. The second kappa shape index (κ2) is 10.2. The van der Waals surface area contributed by atoms with Crippen molar-refractivity contribution in [1.82, 2.24) is 9.97 Å². The van der Waals surface area contributed by atoms with Crippen LogP contribution in [0.4, 0.5) is 24.7 Å². The van der Waals surface area contributed by atoms with Gasteiger partial charge in [0.05, 0.1) is 29.6 Å². The number of halogens is 3. The molecule has 1 aliphatic rings. The number of carbonyl (C=O) groups is 1. The van der Waals surface area contributed by atoms with Crippen LogP contribution in [0.15, 0.2) is 42.5 Å². The fourth-order valence-corrected chi connectivity index (χ4v) is 4.50. The molecule has 1 aliphatic carbocycles. The van der Waals surface area contributed by atoms with Crippen LogP contribution in [0.1, 0.15) is 61.7 Å². The van der Waals surface area contributed by atoms with Crippen molar-refractivity contribution in [2.45, 2.75) is 52.3 Å². The summed E-state index contributed by atoms with van der Waals surface area (Å²) in [6.07, 6.45) is -0.342. The van der Waals surface area contributed by atoms with E-state index in [4.69, 9.17) is 10.5 Å². The molecule has 0 radical (unpaired) electrons. The van der Waals surface area contributed by atoms with Crippen molar-refractivity contribution in [3.05, 3.63) is 65.0 Å². The molecule has 0 saturated carbocycles. The van der Waals surface area contributed by atoms with E-state index in [2.05, 4.69) is 21.4 Å². The maximum absolute atomic E-state index is 13.3. The van der Waals surface area contributed by atoms with E-state index in [0.29, 0.717) is 36.7 Å². The zero-order valence-electron chi connectivity index (χ0n) is 20.4. The number of hydrogen-bond acceptors (Lipinski definition) is 6. The van der Waals surface area contributed by atoms with Crippen LogP contribution in [0.3, 0.4) is 0 Å². The second-order valence-electron chi connectivity index (χ2n) is 9.06. The molecule has 3 aromatic rings. The number of carbonyl (C=O) groups excluding carboxylic acids is 1. The number of rotatable bonds is 6. The number of benzene rings is 2. The Bertz CT molecular complexity index is 1320. The Balaban J connectivity index is 1.64. The van der Waals surface area contributed by atoms with Crippen molar-refractivity contribution in [3.8, 4) is 0 Å². The van der Waals surface area contributed by atoms with E-state index in [0.717, 1.165) is 40.6 Å². The summed E-state index contributed by atoms with van der Waals surface area (Å²) >= 11 is 0. The molecule has 0 amide bonds. The Morgan fingerprint density at radius 3 is 2.67 bits per heavy atom. The number of nitrogens with two attached hydrogens (primary N) is 1. The number of nitrogens with zero attached hydrogens (tertiary/aromatic N) is 2. The number of hydrogen-bond donors (Lipinski definition) is 2. The van der Waals surface area contributed by atoms with E-state index in [1.165, 1.54) is 6.07 Å². The van der Waals surface area contributed by atoms with Gasteiger partial charge in [0.2, 0.25) is 0 Å². The molecule has 190 valence electrons. The SMILES string of the molecule is CCOC(=O)C1CC=C(c2ccc3nc(C)nc(N[C@H](C)c4cc(N)cc(C(F)(F)F)c4)c3c2)CC1. The fourth-order valence-electron chi connectivity index (χ4n) is 4.50. The molecule has 0 aliphatic heterocycles. The first-order valence-corrected chi connectivity index (χ1v) is 11.9. The first-order valence-electron chi connectivity index (χ1n) is 11.9. The lowest BCUT2D eigenvalue weighted by atomic mass is 9.86. The van der Waals surface area contributed by atoms with Gasteiger partial charge in [0, 0.05) is 11.1 Å². The van der Waals surface area contributed by atoms with Gasteiger partial charge in [-0.1, -0.05) is 12.1 Å². The molecule has 2 atom stereocenters. The Kier molecular flexibility index (Phi) is 7.19. The first-order chi connectivity index (χ1) is 17.0. The highest BCUT2D eigenvalue weighted by atomic mass is 19.4. The predicted octanol–water partition coefficient (Wildman–Crippen LogP) is 6.46. The van der Waals surface area contributed by atoms with Crippen LogP contribution in [-0.4, -0.2) is 22.5 Å². The van der Waals surface area contributed by atoms with Gasteiger partial charge in [-0.3, -0.25) is 4.79 Å². The van der Waals surface area contributed by atoms with Gasteiger partial charge in [0.1, 0.15) is 11.6 Å². The minimum Gasteiger partial charge on any atom is -0.466 e. The van der Waals surface area contributed by atoms with Crippen LogP contribution < -0.4 is 11.1 Å². The van der Waals surface area contributed by atoms with Gasteiger partial charge >= 0.3 is 12.1 Å². The fraction of sp³-hybridized carbons (Fsp3) is 0.370. The van der Waals surface area contributed by atoms with Crippen molar-refractivity contribution in [1.29, 1.82) is 0 Å². The predicted molar refractivity (Wildman–Crippen MR) is 134 cm³/mol. The van der Waals surface area contributed by atoms with Crippen LogP contribution >= 0.6 is 0 Å². The molecule has 3 N–H and O–H groups in total. The summed E-state index contributed by atoms with van der Waals surface area (Å²) in [5.41, 5.74) is 8.27. The Hall–Kier alpha value is -3.62. The minimum atomic E-state index is -4.49. The average Bonchev–Trinajstić information content (AvgIpc) is 2.83. The molecule has 0 saturated heterocycles. The van der Waals surface area contributed by atoms with Crippen molar-refractivity contribution in [3.63, 3.8) is 0 Å². The number of anilines is 2. The third-order valence-corrected chi connectivity index (χ3v) is 6.37. The van der Waals surface area contributed by atoms with E-state index < -0.39 is 17.8 Å². The molecule has 0 fully saturated rings. The zero-order chi connectivity index (χ0) is 26.0. The van der Waals surface area contributed by atoms with Crippen LogP contribution in [0.2, 0.25) is 0 Å². The summed E-state index contributed by atoms with van der Waals surface area (Å²) in [4.78, 5) is 21.1. The van der Waals surface area contributed by atoms with Gasteiger partial charge in [0.25, 0.3) is 0 Å². The van der Waals surface area contributed by atoms with Crippen molar-refractivity contribution in [2.75, 3.05) is 17.7 Å². The smallest absolute Gasteiger partial charge is 0.416 e. The topological polar surface area (TPSA) is 90.1 Å². The highest BCUT2D eigenvalue weighted by molar-refractivity contribution is 5.92. The third-order valence-electron chi connectivity index (χ3n) is 6.37. The van der Waals surface area contributed by atoms with Crippen LogP contribution in [0.25, 0.3) is 16.5 Å². The normalized spacial score (nSPS) is 16.9. The number of allylic oxidation sites excluding steroid dienone is 2. The molecule has 4 rings (SSSR count). The van der Waals surface area contributed by atoms with Gasteiger partial charge in [-0.2, -0.15) is 13.2 Å². The molecule has 0 bridgehead atoms. The van der Waals surface area contributed by atoms with Gasteiger partial charge < -0.3 is 15.8 Å². The van der Waals surface area contributed by atoms with E-state index in [1.54, 1.807) is 20.8 Å². The molecule has 2 aromatic carbocycles. The van der Waals surface area contributed by atoms with Gasteiger partial charge in [-0.25, -0.2) is 9.97 Å². The molecule has 36 heavy (non-hydrogen) atoms. The highest BCUT2D eigenvalue weighted by Gasteiger charge is 2.31. The minimum absolute atomic E-state index is 0.0462. The Labute approximate surface area is 207 Å². The number of alkyl halides is 3. The van der Waals surface area contributed by atoms with Crippen LogP contribution in [0.5, 0.6) is 0 Å². The van der Waals surface area contributed by atoms with Crippen LogP contribution in [0, 0.1) is 12.8 Å². The lowest BCUT2D eigenvalue weighted by Gasteiger charge is -2.21. The average molecular weight is 499 g/mol. The largest absolute Gasteiger partial charge is 0.466 e. The molecule has 1 aromatic heterocycles. The monoisotopic (exact) mass is 498 g/mol. The summed E-state index contributed by atoms with van der Waals surface area (Å²) in [6, 6.07) is 8.96. The molecule has 0 spiro atoms. The van der Waals surface area contributed by atoms with E-state index in [1.807, 2.05) is 18.2 Å². The van der Waals surface area contributed by atoms with Crippen LogP contribution in [-0.2, 0) is 15.7 Å². The van der Waals surface area contributed by atoms with E-state index >= 15 is 0 Å². The summed E-state index contributed by atoms with van der Waals surface area (Å²) in [7, 11) is 0. The summed E-state index contributed by atoms with van der Waals surface area (Å²) in [6.45, 7) is 5.71. The number of aryl methyl sites for hydroxylation is 1. The van der Waals surface area contributed by atoms with E-state index in [-0.39, 0.29) is 17.6 Å². The molecule has 9 heteroatoms. The summed E-state index contributed by atoms with van der Waals surface area (Å²) < 4.78 is 45.1. The lowest BCUT2D eigenvalue weighted by molar-refractivity contribution is -0.148. The number of ether oxygens (including phenoxy) is 1. The van der Waals surface area contributed by atoms with Crippen molar-refractivity contribution >= 4 is 34.0 Å². The Morgan fingerprint density at radius 2 is 2.00 bits per heavy atom. The molecule has 6 nitrogen and oxygen atoms in total. The number of nitrogens with one attached hydrogen (secondary N) is 1. The van der Waals surface area contributed by atoms with Crippen molar-refractivity contribution in [2.24, 2.45) is 5.92 Å². The van der Waals surface area contributed by atoms with E-state index in [9.17, 15) is 18.0 Å². The number of fused-ring (bicyclic) bond motifs is 1. The number of esters is 1. The van der Waals surface area contributed by atoms with Gasteiger partial charge in [0.15, 0.2) is 0 Å². The third kappa shape index (κ3) is 5.61. The molecule has 1 unspecified atom stereocenters. The molecular formula is C27H29F3N4O2. The summed E-state index contributed by atoms with van der Waals surface area (Å²) in [5.74, 6) is 0.787. The maximum atomic E-state index is 13.3. The lowest BCUT2D eigenvalue weighted by Crippen LogP contribution is -2.19.